The molecule has 10 aromatic carbocycles. The van der Waals surface area contributed by atoms with Crippen LogP contribution in [0.2, 0.25) is 0 Å². The molecule has 22 nitrogen and oxygen atoms in total. The molecule has 10 aromatic rings. The molecule has 4 fully saturated rings. The third-order valence-corrected chi connectivity index (χ3v) is 21.4. The predicted molar refractivity (Wildman–Crippen MR) is 457 cm³/mol. The molecule has 14 rings (SSSR count). The lowest BCUT2D eigenvalue weighted by molar-refractivity contribution is -0.358. The molecule has 4 aliphatic heterocycles. The number of esters is 3. The molecule has 0 bridgehead atoms. The first-order valence-electron chi connectivity index (χ1n) is 42.1. The zero-order chi connectivity index (χ0) is 85.2. The third kappa shape index (κ3) is 28.0. The van der Waals surface area contributed by atoms with Crippen LogP contribution in [0, 0.1) is 0 Å². The first kappa shape index (κ1) is 90.7. The van der Waals surface area contributed by atoms with Crippen molar-refractivity contribution in [1.82, 2.24) is 0 Å². The normalized spacial score (nSPS) is 25.6. The summed E-state index contributed by atoms with van der Waals surface area (Å²) in [5.41, 5.74) is 9.89. The number of benzene rings is 10. The number of hydrogen-bond donors (Lipinski definition) is 0. The van der Waals surface area contributed by atoms with E-state index in [4.69, 9.17) is 90.0 Å². The second kappa shape index (κ2) is 48.3. The van der Waals surface area contributed by atoms with Crippen molar-refractivity contribution < 1.29 is 104 Å². The lowest BCUT2D eigenvalue weighted by Crippen LogP contribution is -2.66. The van der Waals surface area contributed by atoms with Crippen LogP contribution in [0.15, 0.2) is 303 Å². The maximum atomic E-state index is 12.7. The van der Waals surface area contributed by atoms with Crippen LogP contribution in [-0.4, -0.2) is 161 Å². The monoisotopic (exact) mass is 1680 g/mol. The lowest BCUT2D eigenvalue weighted by Gasteiger charge is -2.49. The summed E-state index contributed by atoms with van der Waals surface area (Å²) >= 11 is 0. The quantitative estimate of drug-likeness (QED) is 0.0257. The fourth-order valence-electron chi connectivity index (χ4n) is 15.3. The molecule has 0 amide bonds. The van der Waals surface area contributed by atoms with Crippen LogP contribution >= 0.6 is 0 Å². The van der Waals surface area contributed by atoms with Gasteiger partial charge in [0, 0.05) is 20.8 Å². The summed E-state index contributed by atoms with van der Waals surface area (Å²) < 4.78 is 125. The lowest BCUT2D eigenvalue weighted by atomic mass is 9.94. The fourth-order valence-corrected chi connectivity index (χ4v) is 15.3. The van der Waals surface area contributed by atoms with Crippen LogP contribution in [0.25, 0.3) is 0 Å². The highest BCUT2D eigenvalue weighted by Crippen LogP contribution is 2.39. The minimum Gasteiger partial charge on any atom is -0.463 e. The van der Waals surface area contributed by atoms with E-state index in [1.165, 1.54) is 20.8 Å². The van der Waals surface area contributed by atoms with Crippen LogP contribution in [0.1, 0.15) is 90.3 Å². The first-order valence-corrected chi connectivity index (χ1v) is 42.1. The highest BCUT2D eigenvalue weighted by molar-refractivity contribution is 5.67. The summed E-state index contributed by atoms with van der Waals surface area (Å²) in [5, 5.41) is 0. The van der Waals surface area contributed by atoms with Crippen molar-refractivity contribution in [1.29, 1.82) is 0 Å². The largest absolute Gasteiger partial charge is 0.463 e. The van der Waals surface area contributed by atoms with Gasteiger partial charge in [-0.3, -0.25) is 14.4 Å². The second-order valence-electron chi connectivity index (χ2n) is 30.8. The topological polar surface area (TPSA) is 227 Å². The van der Waals surface area contributed by atoms with Crippen LogP contribution in [0.4, 0.5) is 0 Å². The third-order valence-electron chi connectivity index (χ3n) is 21.4. The Hall–Kier alpha value is -10.0. The maximum absolute atomic E-state index is 12.7. The Morgan fingerprint density at radius 1 is 0.260 bits per heavy atom. The summed E-state index contributed by atoms with van der Waals surface area (Å²) in [6.07, 6.45) is -15.4. The fraction of sp³-hybridized carbons (Fsp3) is 0.376. The molecule has 0 saturated carbocycles. The van der Waals surface area contributed by atoms with Crippen molar-refractivity contribution in [3.8, 4) is 0 Å². The highest BCUT2D eigenvalue weighted by atomic mass is 16.8. The standard InChI is InChI=1S/C54H58O9.C47H54O13/c1-40-49(57-33-42-22-10-3-11-23-42)50(58-34-43-24-12-4-13-25-43)48(39-56-40)63-54-53(61-37-46-30-18-7-19-31-46)52(60-36-45-28-16-6-17-29-45)51(59-35-44-26-14-5-15-27-44)47(62-54)38-55-32-41-20-8-2-9-21-41;1-31-41(57-33(3)49)45(43(58-34(4)50)40(56-31)30-52-32(2)48)60-47-46(55-28-38-23-15-8-16-24-38)44(54-27-37-21-13-7-14-22-37)42(53-26-36-19-11-6-12-20-36)39(59-47)29-51-25-35-17-9-5-10-18-35/h2-31,40,47-54H,32-39H2,1H3;5-24,31,39-47H,25-30H2,1-4H3/t40-,47-,48+,49-,50-,51+,52+,53+,54?;31-,39+,40+,41+,42+,43+,44-,45+,46+,47?/m00/s1. The van der Waals surface area contributed by atoms with Crippen LogP contribution < -0.4 is 0 Å². The Balaban J connectivity index is 0.000000212. The Bertz CT molecular complexity index is 4640. The van der Waals surface area contributed by atoms with Gasteiger partial charge in [0.15, 0.2) is 24.8 Å². The van der Waals surface area contributed by atoms with Crippen molar-refractivity contribution >= 4 is 17.9 Å². The minimum absolute atomic E-state index is 0.0603. The van der Waals surface area contributed by atoms with Crippen molar-refractivity contribution in [2.75, 3.05) is 26.4 Å². The van der Waals surface area contributed by atoms with Crippen molar-refractivity contribution in [2.45, 2.75) is 217 Å². The minimum atomic E-state index is -1.25. The average Bonchev–Trinajstić information content (AvgIpc) is 0.770. The molecule has 4 heterocycles. The zero-order valence-corrected chi connectivity index (χ0v) is 70.2. The number of carbonyl (C=O) groups excluding carboxylic acids is 3. The van der Waals surface area contributed by atoms with Gasteiger partial charge in [-0.15, -0.1) is 0 Å². The Labute approximate surface area is 721 Å². The summed E-state index contributed by atoms with van der Waals surface area (Å²) in [4.78, 5) is 37.3. The molecule has 19 atom stereocenters. The molecule has 0 radical (unpaired) electrons. The van der Waals surface area contributed by atoms with Gasteiger partial charge < -0.3 is 90.0 Å². The van der Waals surface area contributed by atoms with E-state index in [1.807, 2.05) is 262 Å². The maximum Gasteiger partial charge on any atom is 0.303 e. The van der Waals surface area contributed by atoms with Gasteiger partial charge in [-0.1, -0.05) is 303 Å². The van der Waals surface area contributed by atoms with E-state index in [0.29, 0.717) is 39.6 Å². The summed E-state index contributed by atoms with van der Waals surface area (Å²) in [6, 6.07) is 99.6. The summed E-state index contributed by atoms with van der Waals surface area (Å²) in [5.74, 6) is -1.83. The molecule has 0 aliphatic carbocycles. The SMILES string of the molecule is CC(=O)OC[C@H]1O[C@@H](C)[C@@H](OC(C)=O)[C@@H](OC2O[C@H](COCc3ccccc3)[C@@H](OCc3ccccc3)[C@H](OCc3ccccc3)[C@H]2OCc2ccccc2)[C@@H]1OC(C)=O.C[C@@H]1OC[C@@H](OC2O[C@@H](COCc3ccccc3)[C@@H](OCc3ccccc3)[C@@H](OCc3ccccc3)[C@H]2OCc2ccccc2)[C@H](OCc2ccccc2)[C@H]1OCc1ccccc1. The number of rotatable bonds is 40. The van der Waals surface area contributed by atoms with Gasteiger partial charge in [-0.05, 0) is 69.5 Å². The van der Waals surface area contributed by atoms with E-state index < -0.39 is 128 Å². The first-order chi connectivity index (χ1) is 60.3. The van der Waals surface area contributed by atoms with Gasteiger partial charge in [0.1, 0.15) is 86.0 Å². The van der Waals surface area contributed by atoms with Crippen molar-refractivity contribution in [3.05, 3.63) is 359 Å². The molecule has 123 heavy (non-hydrogen) atoms. The van der Waals surface area contributed by atoms with E-state index in [-0.39, 0.29) is 59.0 Å². The predicted octanol–water partition coefficient (Wildman–Crippen LogP) is 15.9. The van der Waals surface area contributed by atoms with E-state index in [2.05, 4.69) is 48.5 Å². The molecule has 0 spiro atoms. The van der Waals surface area contributed by atoms with Crippen molar-refractivity contribution in [3.63, 3.8) is 0 Å². The molecule has 4 aliphatic rings. The van der Waals surface area contributed by atoms with Gasteiger partial charge in [0.05, 0.1) is 98.1 Å². The van der Waals surface area contributed by atoms with Crippen molar-refractivity contribution in [2.24, 2.45) is 0 Å². The molecule has 22 heteroatoms. The number of ether oxygens (including phenoxy) is 19. The second-order valence-corrected chi connectivity index (χ2v) is 30.8. The molecule has 2 unspecified atom stereocenters. The number of carbonyl (C=O) groups is 3. The van der Waals surface area contributed by atoms with E-state index in [1.54, 1.807) is 6.92 Å². The Morgan fingerprint density at radius 2 is 0.528 bits per heavy atom. The molecular weight excluding hydrogens is 1570 g/mol. The summed E-state index contributed by atoms with van der Waals surface area (Å²) in [7, 11) is 0. The smallest absolute Gasteiger partial charge is 0.303 e. The van der Waals surface area contributed by atoms with Crippen LogP contribution in [0.5, 0.6) is 0 Å². The molecule has 0 N–H and O–H groups in total. The molecule has 4 saturated heterocycles. The Kier molecular flexibility index (Phi) is 35.6. The van der Waals surface area contributed by atoms with Gasteiger partial charge in [0.25, 0.3) is 0 Å². The van der Waals surface area contributed by atoms with Gasteiger partial charge in [0.2, 0.25) is 0 Å². The average molecular weight is 1680 g/mol. The van der Waals surface area contributed by atoms with E-state index in [9.17, 15) is 14.4 Å². The zero-order valence-electron chi connectivity index (χ0n) is 70.2. The van der Waals surface area contributed by atoms with Crippen LogP contribution in [-0.2, 0) is 170 Å². The van der Waals surface area contributed by atoms with Gasteiger partial charge in [-0.2, -0.15) is 0 Å². The Morgan fingerprint density at radius 3 is 0.846 bits per heavy atom. The number of hydrogen-bond acceptors (Lipinski definition) is 22. The highest BCUT2D eigenvalue weighted by Gasteiger charge is 2.56. The molecule has 0 aromatic heterocycles. The van der Waals surface area contributed by atoms with Gasteiger partial charge in [-0.25, -0.2) is 0 Å². The molecule has 648 valence electrons. The van der Waals surface area contributed by atoms with E-state index >= 15 is 0 Å². The molecular formula is C101H112O22. The van der Waals surface area contributed by atoms with Crippen LogP contribution in [0.3, 0.4) is 0 Å². The van der Waals surface area contributed by atoms with Gasteiger partial charge >= 0.3 is 17.9 Å². The summed E-state index contributed by atoms with van der Waals surface area (Å²) in [6.45, 7) is 10.7. The van der Waals surface area contributed by atoms with E-state index in [0.717, 1.165) is 55.6 Å².